The van der Waals surface area contributed by atoms with Crippen molar-refractivity contribution in [1.29, 1.82) is 0 Å². The predicted octanol–water partition coefficient (Wildman–Crippen LogP) is 6.41. The van der Waals surface area contributed by atoms with E-state index in [-0.39, 0.29) is 0 Å². The summed E-state index contributed by atoms with van der Waals surface area (Å²) in [5.41, 5.74) is 0. The van der Waals surface area contributed by atoms with Gasteiger partial charge >= 0.3 is 0 Å². The standard InChI is InChI=1S/C18H30OS/c1-3-5-6-7-8-9-10-11-12-13-17(19)18-15-14-16(4-2)20-18/h14-15H,3-13H2,1-2H3. The summed E-state index contributed by atoms with van der Waals surface area (Å²) in [6.45, 7) is 4.40. The number of thiophene rings is 1. The normalized spacial score (nSPS) is 10.9. The van der Waals surface area contributed by atoms with Gasteiger partial charge in [-0.1, -0.05) is 65.2 Å². The van der Waals surface area contributed by atoms with E-state index in [1.807, 2.05) is 6.07 Å². The van der Waals surface area contributed by atoms with Gasteiger partial charge in [-0.15, -0.1) is 11.3 Å². The number of carbonyl (C=O) groups excluding carboxylic acids is 1. The number of ketones is 1. The van der Waals surface area contributed by atoms with E-state index in [4.69, 9.17) is 0 Å². The molecule has 1 nitrogen and oxygen atoms in total. The first-order valence-electron chi connectivity index (χ1n) is 8.39. The van der Waals surface area contributed by atoms with Crippen molar-refractivity contribution in [1.82, 2.24) is 0 Å². The van der Waals surface area contributed by atoms with Crippen molar-refractivity contribution in [2.24, 2.45) is 0 Å². The Morgan fingerprint density at radius 2 is 1.50 bits per heavy atom. The molecule has 0 N–H and O–H groups in total. The second-order valence-electron chi connectivity index (χ2n) is 5.62. The fourth-order valence-corrected chi connectivity index (χ4v) is 3.35. The Morgan fingerprint density at radius 1 is 0.900 bits per heavy atom. The number of hydrogen-bond donors (Lipinski definition) is 0. The van der Waals surface area contributed by atoms with E-state index < -0.39 is 0 Å². The second kappa shape index (κ2) is 11.1. The van der Waals surface area contributed by atoms with Gasteiger partial charge < -0.3 is 0 Å². The van der Waals surface area contributed by atoms with Gasteiger partial charge in [0.1, 0.15) is 0 Å². The molecule has 0 spiro atoms. The van der Waals surface area contributed by atoms with Crippen LogP contribution >= 0.6 is 11.3 Å². The molecular formula is C18H30OS. The van der Waals surface area contributed by atoms with Crippen molar-refractivity contribution in [3.63, 3.8) is 0 Å². The minimum absolute atomic E-state index is 0.345. The predicted molar refractivity (Wildman–Crippen MR) is 89.9 cm³/mol. The molecule has 0 saturated heterocycles. The highest BCUT2D eigenvalue weighted by molar-refractivity contribution is 7.14. The lowest BCUT2D eigenvalue weighted by molar-refractivity contribution is 0.0983. The average Bonchev–Trinajstić information content (AvgIpc) is 2.94. The van der Waals surface area contributed by atoms with Crippen molar-refractivity contribution < 1.29 is 4.79 Å². The Hall–Kier alpha value is -0.630. The first-order valence-corrected chi connectivity index (χ1v) is 9.21. The van der Waals surface area contributed by atoms with Crippen LogP contribution in [0.4, 0.5) is 0 Å². The maximum Gasteiger partial charge on any atom is 0.172 e. The molecule has 1 heterocycles. The quantitative estimate of drug-likeness (QED) is 0.321. The van der Waals surface area contributed by atoms with Crippen LogP contribution in [0.1, 0.15) is 92.6 Å². The summed E-state index contributed by atoms with van der Waals surface area (Å²) in [7, 11) is 0. The monoisotopic (exact) mass is 294 g/mol. The van der Waals surface area contributed by atoms with Crippen molar-refractivity contribution in [3.8, 4) is 0 Å². The molecule has 0 radical (unpaired) electrons. The molecule has 1 aromatic rings. The van der Waals surface area contributed by atoms with Gasteiger partial charge in [0, 0.05) is 11.3 Å². The number of unbranched alkanes of at least 4 members (excludes halogenated alkanes) is 8. The zero-order valence-corrected chi connectivity index (χ0v) is 14.1. The van der Waals surface area contributed by atoms with E-state index in [2.05, 4.69) is 19.9 Å². The minimum atomic E-state index is 0.345. The van der Waals surface area contributed by atoms with Crippen LogP contribution < -0.4 is 0 Å². The van der Waals surface area contributed by atoms with E-state index in [0.717, 1.165) is 24.1 Å². The third-order valence-corrected chi connectivity index (χ3v) is 5.06. The van der Waals surface area contributed by atoms with Crippen molar-refractivity contribution >= 4 is 17.1 Å². The lowest BCUT2D eigenvalue weighted by atomic mass is 10.1. The number of hydrogen-bond acceptors (Lipinski definition) is 2. The number of aryl methyl sites for hydroxylation is 1. The maximum absolute atomic E-state index is 12.0. The summed E-state index contributed by atoms with van der Waals surface area (Å²) >= 11 is 1.67. The summed E-state index contributed by atoms with van der Waals surface area (Å²) in [5, 5.41) is 0. The van der Waals surface area contributed by atoms with Gasteiger partial charge in [0.2, 0.25) is 0 Å². The second-order valence-corrected chi connectivity index (χ2v) is 6.79. The fraction of sp³-hybridized carbons (Fsp3) is 0.722. The Balaban J connectivity index is 1.99. The largest absolute Gasteiger partial charge is 0.293 e. The molecule has 0 saturated carbocycles. The molecule has 114 valence electrons. The molecule has 0 aliphatic heterocycles. The molecule has 1 rings (SSSR count). The zero-order valence-electron chi connectivity index (χ0n) is 13.2. The Kier molecular flexibility index (Phi) is 9.65. The molecule has 2 heteroatoms. The van der Waals surface area contributed by atoms with Crippen LogP contribution in [0.15, 0.2) is 12.1 Å². The topological polar surface area (TPSA) is 17.1 Å². The van der Waals surface area contributed by atoms with Gasteiger partial charge in [-0.3, -0.25) is 4.79 Å². The van der Waals surface area contributed by atoms with Crippen molar-refractivity contribution in [2.45, 2.75) is 84.5 Å². The first-order chi connectivity index (χ1) is 9.77. The van der Waals surface area contributed by atoms with Gasteiger partial charge in [-0.2, -0.15) is 0 Å². The van der Waals surface area contributed by atoms with Gasteiger partial charge in [0.05, 0.1) is 4.88 Å². The van der Waals surface area contributed by atoms with Crippen LogP contribution in [0.5, 0.6) is 0 Å². The minimum Gasteiger partial charge on any atom is -0.293 e. The van der Waals surface area contributed by atoms with E-state index >= 15 is 0 Å². The molecule has 0 bridgehead atoms. The van der Waals surface area contributed by atoms with Crippen LogP contribution in [-0.2, 0) is 6.42 Å². The van der Waals surface area contributed by atoms with Crippen LogP contribution in [0.2, 0.25) is 0 Å². The van der Waals surface area contributed by atoms with E-state index in [1.165, 1.54) is 56.2 Å². The van der Waals surface area contributed by atoms with Crippen molar-refractivity contribution in [2.75, 3.05) is 0 Å². The highest BCUT2D eigenvalue weighted by Crippen LogP contribution is 2.20. The molecule has 0 atom stereocenters. The fourth-order valence-electron chi connectivity index (χ4n) is 2.44. The van der Waals surface area contributed by atoms with Crippen LogP contribution in [0, 0.1) is 0 Å². The van der Waals surface area contributed by atoms with E-state index in [1.54, 1.807) is 11.3 Å². The number of rotatable bonds is 12. The summed E-state index contributed by atoms with van der Waals surface area (Å²) in [6.07, 6.45) is 13.6. The Bertz CT molecular complexity index is 367. The van der Waals surface area contributed by atoms with Crippen molar-refractivity contribution in [3.05, 3.63) is 21.9 Å². The molecule has 0 amide bonds. The average molecular weight is 295 g/mol. The number of Topliss-reactive ketones (excluding diaryl/α,β-unsaturated/α-hetero) is 1. The molecule has 1 aromatic heterocycles. The van der Waals surface area contributed by atoms with Gasteiger partial charge in [-0.05, 0) is 25.0 Å². The van der Waals surface area contributed by atoms with Crippen LogP contribution in [0.25, 0.3) is 0 Å². The highest BCUT2D eigenvalue weighted by atomic mass is 32.1. The molecule has 0 fully saturated rings. The Labute approximate surface area is 128 Å². The molecule has 0 aromatic carbocycles. The SMILES string of the molecule is CCCCCCCCCCCC(=O)c1ccc(CC)s1. The third kappa shape index (κ3) is 7.23. The first kappa shape index (κ1) is 17.4. The molecule has 0 unspecified atom stereocenters. The highest BCUT2D eigenvalue weighted by Gasteiger charge is 2.08. The van der Waals surface area contributed by atoms with Gasteiger partial charge in [0.25, 0.3) is 0 Å². The molecule has 0 aliphatic carbocycles. The summed E-state index contributed by atoms with van der Waals surface area (Å²) in [4.78, 5) is 14.3. The smallest absolute Gasteiger partial charge is 0.172 e. The lowest BCUT2D eigenvalue weighted by Crippen LogP contribution is -1.95. The van der Waals surface area contributed by atoms with E-state index in [0.29, 0.717) is 5.78 Å². The summed E-state index contributed by atoms with van der Waals surface area (Å²) in [5.74, 6) is 0.345. The summed E-state index contributed by atoms with van der Waals surface area (Å²) in [6, 6.07) is 4.09. The van der Waals surface area contributed by atoms with Crippen LogP contribution in [-0.4, -0.2) is 5.78 Å². The molecule has 20 heavy (non-hydrogen) atoms. The Morgan fingerprint density at radius 3 is 2.05 bits per heavy atom. The van der Waals surface area contributed by atoms with Crippen LogP contribution in [0.3, 0.4) is 0 Å². The number of carbonyl (C=O) groups is 1. The third-order valence-electron chi connectivity index (χ3n) is 3.79. The lowest BCUT2D eigenvalue weighted by Gasteiger charge is -2.01. The molecular weight excluding hydrogens is 264 g/mol. The van der Waals surface area contributed by atoms with Gasteiger partial charge in [0.15, 0.2) is 5.78 Å². The zero-order chi connectivity index (χ0) is 14.6. The van der Waals surface area contributed by atoms with Gasteiger partial charge in [-0.25, -0.2) is 0 Å². The summed E-state index contributed by atoms with van der Waals surface area (Å²) < 4.78 is 0. The maximum atomic E-state index is 12.0. The molecule has 0 aliphatic rings. The van der Waals surface area contributed by atoms with E-state index in [9.17, 15) is 4.79 Å².